The number of ether oxygens (including phenoxy) is 2. The molecule has 0 spiro atoms. The molecule has 1 fully saturated rings. The number of hydrogen-bond donors (Lipinski definition) is 1. The second-order valence-electron chi connectivity index (χ2n) is 8.46. The average molecular weight is 474 g/mol. The van der Waals surface area contributed by atoms with E-state index in [1.165, 1.54) is 6.92 Å². The van der Waals surface area contributed by atoms with E-state index in [-0.39, 0.29) is 18.0 Å². The lowest BCUT2D eigenvalue weighted by molar-refractivity contribution is -0.162. The van der Waals surface area contributed by atoms with E-state index >= 15 is 0 Å². The molecule has 182 valence electrons. The van der Waals surface area contributed by atoms with Crippen molar-refractivity contribution in [2.75, 3.05) is 30.0 Å². The van der Waals surface area contributed by atoms with Gasteiger partial charge in [-0.3, -0.25) is 14.6 Å². The zero-order chi connectivity index (χ0) is 24.5. The fourth-order valence-corrected chi connectivity index (χ4v) is 4.21. The smallest absolute Gasteiger partial charge is 0.221 e. The normalized spacial score (nSPS) is 15.4. The summed E-state index contributed by atoms with van der Waals surface area (Å²) in [6.07, 6.45) is 6.96. The standard InChI is InChI=1S/C28H31N3O4/c1-21(32)30-24-20-29-16-15-26(24)31(17-9-19-35-27-14-7-8-18-34-27)25-13-6-5-12-23(25)28(33)22-10-3-2-4-11-22/h2-6,10-13,15-16,20,27H,7-9,14,17-19H2,1H3,(H,30,32). The number of nitrogens with zero attached hydrogens (tertiary/aromatic N) is 2. The molecule has 1 N–H and O–H groups in total. The van der Waals surface area contributed by atoms with E-state index in [0.717, 1.165) is 37.2 Å². The number of para-hydroxylation sites is 1. The quantitative estimate of drug-likeness (QED) is 0.316. The molecule has 2 heterocycles. The summed E-state index contributed by atoms with van der Waals surface area (Å²) in [6.45, 7) is 3.30. The molecule has 0 radical (unpaired) electrons. The lowest BCUT2D eigenvalue weighted by Gasteiger charge is -2.29. The highest BCUT2D eigenvalue weighted by Crippen LogP contribution is 2.35. The van der Waals surface area contributed by atoms with E-state index in [1.807, 2.05) is 65.6 Å². The molecule has 1 amide bonds. The maximum Gasteiger partial charge on any atom is 0.221 e. The molecule has 1 atom stereocenters. The van der Waals surface area contributed by atoms with E-state index in [1.54, 1.807) is 12.4 Å². The van der Waals surface area contributed by atoms with Gasteiger partial charge in [-0.25, -0.2) is 0 Å². The van der Waals surface area contributed by atoms with Crippen molar-refractivity contribution in [3.63, 3.8) is 0 Å². The third-order valence-corrected chi connectivity index (χ3v) is 5.84. The first-order chi connectivity index (χ1) is 17.1. The van der Waals surface area contributed by atoms with Crippen LogP contribution in [-0.4, -0.2) is 42.7 Å². The van der Waals surface area contributed by atoms with Crippen LogP contribution in [0.2, 0.25) is 0 Å². The molecule has 0 aliphatic carbocycles. The van der Waals surface area contributed by atoms with Crippen LogP contribution in [0.5, 0.6) is 0 Å². The number of rotatable bonds is 10. The van der Waals surface area contributed by atoms with Gasteiger partial charge in [-0.15, -0.1) is 0 Å². The van der Waals surface area contributed by atoms with Crippen molar-refractivity contribution in [3.8, 4) is 0 Å². The Kier molecular flexibility index (Phi) is 8.59. The van der Waals surface area contributed by atoms with Gasteiger partial charge in [0.15, 0.2) is 12.1 Å². The monoisotopic (exact) mass is 473 g/mol. The summed E-state index contributed by atoms with van der Waals surface area (Å²) in [6, 6.07) is 18.6. The number of aromatic nitrogens is 1. The Labute approximate surface area is 206 Å². The molecule has 0 saturated carbocycles. The Balaban J connectivity index is 1.63. The Bertz CT molecular complexity index is 1130. The second kappa shape index (κ2) is 12.2. The third-order valence-electron chi connectivity index (χ3n) is 5.84. The summed E-state index contributed by atoms with van der Waals surface area (Å²) < 4.78 is 11.6. The van der Waals surface area contributed by atoms with Gasteiger partial charge < -0.3 is 19.7 Å². The van der Waals surface area contributed by atoms with Gasteiger partial charge in [0.25, 0.3) is 0 Å². The van der Waals surface area contributed by atoms with Gasteiger partial charge in [0, 0.05) is 37.4 Å². The molecule has 7 heteroatoms. The lowest BCUT2D eigenvalue weighted by Crippen LogP contribution is -2.26. The predicted octanol–water partition coefficient (Wildman–Crippen LogP) is 5.34. The van der Waals surface area contributed by atoms with Crippen molar-refractivity contribution in [2.45, 2.75) is 38.9 Å². The number of amides is 1. The van der Waals surface area contributed by atoms with Crippen molar-refractivity contribution in [1.82, 2.24) is 4.98 Å². The van der Waals surface area contributed by atoms with Gasteiger partial charge in [-0.2, -0.15) is 0 Å². The highest BCUT2D eigenvalue weighted by molar-refractivity contribution is 6.13. The number of carbonyl (C=O) groups is 2. The molecular weight excluding hydrogens is 442 g/mol. The van der Waals surface area contributed by atoms with E-state index in [2.05, 4.69) is 10.3 Å². The van der Waals surface area contributed by atoms with Crippen molar-refractivity contribution in [1.29, 1.82) is 0 Å². The first kappa shape index (κ1) is 24.6. The number of carbonyl (C=O) groups excluding carboxylic acids is 2. The molecule has 1 aliphatic rings. The average Bonchev–Trinajstić information content (AvgIpc) is 2.90. The van der Waals surface area contributed by atoms with Gasteiger partial charge in [0.05, 0.1) is 29.9 Å². The van der Waals surface area contributed by atoms with Gasteiger partial charge >= 0.3 is 0 Å². The van der Waals surface area contributed by atoms with E-state index in [0.29, 0.717) is 36.4 Å². The molecule has 4 rings (SSSR count). The summed E-state index contributed by atoms with van der Waals surface area (Å²) in [5.41, 5.74) is 3.30. The molecule has 7 nitrogen and oxygen atoms in total. The summed E-state index contributed by atoms with van der Waals surface area (Å²) in [7, 11) is 0. The second-order valence-corrected chi connectivity index (χ2v) is 8.46. The van der Waals surface area contributed by atoms with Crippen LogP contribution in [0, 0.1) is 0 Å². The van der Waals surface area contributed by atoms with E-state index < -0.39 is 0 Å². The Morgan fingerprint density at radius 1 is 1.06 bits per heavy atom. The third kappa shape index (κ3) is 6.53. The van der Waals surface area contributed by atoms with Gasteiger partial charge in [0.2, 0.25) is 5.91 Å². The predicted molar refractivity (Wildman–Crippen MR) is 136 cm³/mol. The number of anilines is 3. The molecular formula is C28H31N3O4. The SMILES string of the molecule is CC(=O)Nc1cnccc1N(CCCOC1CCCCO1)c1ccccc1C(=O)c1ccccc1. The molecule has 1 aromatic heterocycles. The largest absolute Gasteiger partial charge is 0.353 e. The van der Waals surface area contributed by atoms with E-state index in [4.69, 9.17) is 9.47 Å². The number of nitrogens with one attached hydrogen (secondary N) is 1. The van der Waals surface area contributed by atoms with Crippen molar-refractivity contribution >= 4 is 28.8 Å². The highest BCUT2D eigenvalue weighted by atomic mass is 16.7. The summed E-state index contributed by atoms with van der Waals surface area (Å²) in [5, 5.41) is 2.87. The van der Waals surface area contributed by atoms with E-state index in [9.17, 15) is 9.59 Å². The summed E-state index contributed by atoms with van der Waals surface area (Å²) in [4.78, 5) is 31.6. The maximum atomic E-state index is 13.5. The molecule has 0 bridgehead atoms. The Morgan fingerprint density at radius 3 is 2.63 bits per heavy atom. The highest BCUT2D eigenvalue weighted by Gasteiger charge is 2.21. The van der Waals surface area contributed by atoms with Crippen LogP contribution in [0.1, 0.15) is 48.5 Å². The van der Waals surface area contributed by atoms with Gasteiger partial charge in [-0.1, -0.05) is 42.5 Å². The first-order valence-electron chi connectivity index (χ1n) is 12.0. The van der Waals surface area contributed by atoms with Crippen LogP contribution < -0.4 is 10.2 Å². The number of pyridine rings is 1. The minimum absolute atomic E-state index is 0.0619. The van der Waals surface area contributed by atoms with Crippen LogP contribution in [0.4, 0.5) is 17.1 Å². The first-order valence-corrected chi connectivity index (χ1v) is 12.0. The number of hydrogen-bond acceptors (Lipinski definition) is 6. The topological polar surface area (TPSA) is 80.8 Å². The summed E-state index contributed by atoms with van der Waals surface area (Å²) in [5.74, 6) is -0.251. The zero-order valence-corrected chi connectivity index (χ0v) is 20.0. The molecule has 1 unspecified atom stereocenters. The number of ketones is 1. The van der Waals surface area contributed by atoms with Crippen LogP contribution in [0.3, 0.4) is 0 Å². The van der Waals surface area contributed by atoms with Crippen LogP contribution >= 0.6 is 0 Å². The molecule has 35 heavy (non-hydrogen) atoms. The Hall–Kier alpha value is -3.55. The fourth-order valence-electron chi connectivity index (χ4n) is 4.21. The zero-order valence-electron chi connectivity index (χ0n) is 20.0. The van der Waals surface area contributed by atoms with Gasteiger partial charge in [0.1, 0.15) is 0 Å². The fraction of sp³-hybridized carbons (Fsp3) is 0.321. The molecule has 3 aromatic rings. The van der Waals surface area contributed by atoms with Crippen molar-refractivity contribution < 1.29 is 19.1 Å². The van der Waals surface area contributed by atoms with Crippen LogP contribution in [0.15, 0.2) is 73.1 Å². The van der Waals surface area contributed by atoms with Crippen molar-refractivity contribution in [3.05, 3.63) is 84.2 Å². The molecule has 2 aromatic carbocycles. The minimum atomic E-state index is -0.189. The molecule has 1 aliphatic heterocycles. The molecule has 1 saturated heterocycles. The maximum absolute atomic E-state index is 13.5. The summed E-state index contributed by atoms with van der Waals surface area (Å²) >= 11 is 0. The Morgan fingerprint density at radius 2 is 1.86 bits per heavy atom. The van der Waals surface area contributed by atoms with Crippen LogP contribution in [0.25, 0.3) is 0 Å². The van der Waals surface area contributed by atoms with Gasteiger partial charge in [-0.05, 0) is 43.9 Å². The minimum Gasteiger partial charge on any atom is -0.353 e. The lowest BCUT2D eigenvalue weighted by atomic mass is 10.0. The number of benzene rings is 2. The van der Waals surface area contributed by atoms with Crippen molar-refractivity contribution in [2.24, 2.45) is 0 Å². The van der Waals surface area contributed by atoms with Crippen LogP contribution in [-0.2, 0) is 14.3 Å².